The summed E-state index contributed by atoms with van der Waals surface area (Å²) in [6, 6.07) is 6.52. The highest BCUT2D eigenvalue weighted by atomic mass is 16.4. The molecule has 21 heavy (non-hydrogen) atoms. The number of carbonyl (C=O) groups excluding carboxylic acids is 1. The number of rotatable bonds is 6. The van der Waals surface area contributed by atoms with Crippen LogP contribution in [0, 0.1) is 4.91 Å². The van der Waals surface area contributed by atoms with E-state index >= 15 is 0 Å². The topological polar surface area (TPSA) is 101 Å². The van der Waals surface area contributed by atoms with E-state index < -0.39 is 24.5 Å². The van der Waals surface area contributed by atoms with Crippen molar-refractivity contribution in [1.82, 2.24) is 9.88 Å². The Balaban J connectivity index is 2.25. The molecule has 2 rings (SSSR count). The van der Waals surface area contributed by atoms with Crippen LogP contribution in [0.3, 0.4) is 0 Å². The molecule has 2 N–H and O–H groups in total. The number of nitroso groups, excluding NO2 is 1. The van der Waals surface area contributed by atoms with Gasteiger partial charge in [-0.25, -0.2) is 4.79 Å². The second-order valence-electron chi connectivity index (χ2n) is 4.73. The van der Waals surface area contributed by atoms with E-state index in [0.717, 1.165) is 16.5 Å². The first-order chi connectivity index (χ1) is 10.0. The Morgan fingerprint density at radius 1 is 1.38 bits per heavy atom. The molecule has 0 radical (unpaired) electrons. The van der Waals surface area contributed by atoms with Crippen molar-refractivity contribution in [3.8, 4) is 0 Å². The summed E-state index contributed by atoms with van der Waals surface area (Å²) in [6.45, 7) is -0.584. The predicted molar refractivity (Wildman–Crippen MR) is 76.9 cm³/mol. The Morgan fingerprint density at radius 2 is 2.10 bits per heavy atom. The maximum Gasteiger partial charge on any atom is 0.326 e. The van der Waals surface area contributed by atoms with E-state index in [0.29, 0.717) is 0 Å². The minimum atomic E-state index is -1.15. The van der Waals surface area contributed by atoms with E-state index in [1.165, 1.54) is 0 Å². The second-order valence-corrected chi connectivity index (χ2v) is 4.73. The summed E-state index contributed by atoms with van der Waals surface area (Å²) in [6.07, 6.45) is 1.98. The summed E-state index contributed by atoms with van der Waals surface area (Å²) in [5.74, 6) is -1.85. The molecule has 0 spiro atoms. The first-order valence-electron chi connectivity index (χ1n) is 6.37. The average molecular weight is 289 g/mol. The van der Waals surface area contributed by atoms with Crippen molar-refractivity contribution in [1.29, 1.82) is 0 Å². The Morgan fingerprint density at radius 3 is 2.76 bits per heavy atom. The van der Waals surface area contributed by atoms with Crippen LogP contribution in [-0.2, 0) is 23.1 Å². The van der Waals surface area contributed by atoms with Gasteiger partial charge >= 0.3 is 5.97 Å². The lowest BCUT2D eigenvalue weighted by Crippen LogP contribution is -2.43. The van der Waals surface area contributed by atoms with Crippen LogP contribution in [0.1, 0.15) is 5.56 Å². The van der Waals surface area contributed by atoms with Crippen LogP contribution in [0.25, 0.3) is 10.9 Å². The lowest BCUT2D eigenvalue weighted by molar-refractivity contribution is -0.141. The molecule has 0 aliphatic rings. The highest BCUT2D eigenvalue weighted by Crippen LogP contribution is 2.21. The zero-order valence-corrected chi connectivity index (χ0v) is 11.4. The number of amides is 1. The molecule has 7 heteroatoms. The SMILES string of the molecule is Cn1cc(C[C@@H](NC(=O)CN=O)C(=O)O)c2ccccc21. The first kappa shape index (κ1) is 14.7. The molecule has 1 aromatic heterocycles. The van der Waals surface area contributed by atoms with Crippen molar-refractivity contribution in [2.45, 2.75) is 12.5 Å². The highest BCUT2D eigenvalue weighted by Gasteiger charge is 2.22. The fraction of sp³-hybridized carbons (Fsp3) is 0.286. The summed E-state index contributed by atoms with van der Waals surface area (Å²) >= 11 is 0. The van der Waals surface area contributed by atoms with Crippen LogP contribution >= 0.6 is 0 Å². The Labute approximate surface area is 120 Å². The van der Waals surface area contributed by atoms with Crippen LogP contribution < -0.4 is 5.32 Å². The fourth-order valence-electron chi connectivity index (χ4n) is 2.31. The number of para-hydroxylation sites is 1. The van der Waals surface area contributed by atoms with Gasteiger partial charge in [0.25, 0.3) is 0 Å². The van der Waals surface area contributed by atoms with Crippen LogP contribution in [0.4, 0.5) is 0 Å². The number of nitrogens with zero attached hydrogens (tertiary/aromatic N) is 2. The second kappa shape index (κ2) is 6.17. The van der Waals surface area contributed by atoms with Crippen molar-refractivity contribution in [2.75, 3.05) is 6.54 Å². The van der Waals surface area contributed by atoms with E-state index in [-0.39, 0.29) is 6.42 Å². The van der Waals surface area contributed by atoms with E-state index in [1.807, 2.05) is 42.1 Å². The molecule has 110 valence electrons. The number of benzene rings is 1. The van der Waals surface area contributed by atoms with E-state index in [2.05, 4.69) is 10.5 Å². The smallest absolute Gasteiger partial charge is 0.326 e. The number of nitrogens with one attached hydrogen (secondary N) is 1. The lowest BCUT2D eigenvalue weighted by atomic mass is 10.1. The lowest BCUT2D eigenvalue weighted by Gasteiger charge is -2.13. The minimum absolute atomic E-state index is 0.140. The van der Waals surface area contributed by atoms with Gasteiger partial charge in [-0.15, -0.1) is 0 Å². The third kappa shape index (κ3) is 3.25. The van der Waals surface area contributed by atoms with Gasteiger partial charge in [0.15, 0.2) is 6.54 Å². The summed E-state index contributed by atoms with van der Waals surface area (Å²) in [4.78, 5) is 32.6. The van der Waals surface area contributed by atoms with Gasteiger partial charge in [-0.2, -0.15) is 4.91 Å². The number of aryl methyl sites for hydroxylation is 1. The molecule has 0 saturated carbocycles. The molecule has 0 aliphatic heterocycles. The number of carbonyl (C=O) groups is 2. The van der Waals surface area contributed by atoms with Crippen LogP contribution in [0.5, 0.6) is 0 Å². The molecule has 0 bridgehead atoms. The molecule has 0 saturated heterocycles. The number of carboxylic acid groups (broad SMARTS) is 1. The molecule has 1 aromatic carbocycles. The quantitative estimate of drug-likeness (QED) is 0.776. The van der Waals surface area contributed by atoms with E-state index in [9.17, 15) is 19.6 Å². The molecule has 0 unspecified atom stereocenters. The molecule has 0 fully saturated rings. The maximum absolute atomic E-state index is 11.3. The summed E-state index contributed by atoms with van der Waals surface area (Å²) < 4.78 is 1.90. The molecule has 1 heterocycles. The third-order valence-electron chi connectivity index (χ3n) is 3.24. The Bertz CT molecular complexity index is 693. The van der Waals surface area contributed by atoms with Gasteiger partial charge < -0.3 is 15.0 Å². The summed E-state index contributed by atoms with van der Waals surface area (Å²) in [5, 5.41) is 14.9. The predicted octanol–water partition coefficient (Wildman–Crippen LogP) is 1.06. The fourth-order valence-corrected chi connectivity index (χ4v) is 2.31. The van der Waals surface area contributed by atoms with Crippen LogP contribution in [0.2, 0.25) is 0 Å². The largest absolute Gasteiger partial charge is 0.480 e. The molecule has 1 atom stereocenters. The molecule has 7 nitrogen and oxygen atoms in total. The number of aromatic nitrogens is 1. The van der Waals surface area contributed by atoms with Crippen LogP contribution in [-0.4, -0.2) is 34.1 Å². The van der Waals surface area contributed by atoms with Crippen molar-refractivity contribution in [3.05, 3.63) is 40.9 Å². The van der Waals surface area contributed by atoms with Crippen molar-refractivity contribution in [3.63, 3.8) is 0 Å². The van der Waals surface area contributed by atoms with Crippen molar-refractivity contribution < 1.29 is 14.7 Å². The van der Waals surface area contributed by atoms with Gasteiger partial charge in [0.1, 0.15) is 6.04 Å². The number of carboxylic acids is 1. The number of aliphatic carboxylic acids is 1. The Hall–Kier alpha value is -2.70. The molecule has 1 amide bonds. The van der Waals surface area contributed by atoms with Gasteiger partial charge in [0.2, 0.25) is 5.91 Å². The minimum Gasteiger partial charge on any atom is -0.480 e. The first-order valence-corrected chi connectivity index (χ1v) is 6.37. The third-order valence-corrected chi connectivity index (χ3v) is 3.24. The van der Waals surface area contributed by atoms with Crippen molar-refractivity contribution >= 4 is 22.8 Å². The average Bonchev–Trinajstić information content (AvgIpc) is 2.75. The van der Waals surface area contributed by atoms with Gasteiger partial charge in [-0.05, 0) is 11.6 Å². The van der Waals surface area contributed by atoms with Crippen molar-refractivity contribution in [2.24, 2.45) is 12.2 Å². The standard InChI is InChI=1S/C14H15N3O4/c1-17-8-9(10-4-2-3-5-12(10)17)6-11(14(19)20)16-13(18)7-15-21/h2-5,8,11H,6-7H2,1H3,(H,16,18)(H,19,20)/t11-/m1/s1. The van der Waals surface area contributed by atoms with Gasteiger partial charge in [0, 0.05) is 30.6 Å². The van der Waals surface area contributed by atoms with Gasteiger partial charge in [0.05, 0.1) is 0 Å². The molecule has 0 aliphatic carbocycles. The number of hydrogen-bond acceptors (Lipinski definition) is 4. The van der Waals surface area contributed by atoms with E-state index in [1.54, 1.807) is 0 Å². The van der Waals surface area contributed by atoms with Gasteiger partial charge in [-0.1, -0.05) is 23.4 Å². The van der Waals surface area contributed by atoms with Crippen LogP contribution in [0.15, 0.2) is 35.6 Å². The summed E-state index contributed by atoms with van der Waals surface area (Å²) in [5.41, 5.74) is 1.80. The molecule has 2 aromatic rings. The van der Waals surface area contributed by atoms with Gasteiger partial charge in [-0.3, -0.25) is 4.79 Å². The maximum atomic E-state index is 11.3. The number of hydrogen-bond donors (Lipinski definition) is 2. The number of fused-ring (bicyclic) bond motifs is 1. The summed E-state index contributed by atoms with van der Waals surface area (Å²) in [7, 11) is 1.87. The van der Waals surface area contributed by atoms with E-state index in [4.69, 9.17) is 0 Å². The molecular formula is C14H15N3O4. The zero-order chi connectivity index (χ0) is 15.4. The monoisotopic (exact) mass is 289 g/mol. The zero-order valence-electron chi connectivity index (χ0n) is 11.4. The molecular weight excluding hydrogens is 274 g/mol. The normalized spacial score (nSPS) is 12.0. The Kier molecular flexibility index (Phi) is 4.32. The highest BCUT2D eigenvalue weighted by molar-refractivity contribution is 5.87.